The molecule has 0 atom stereocenters. The summed E-state index contributed by atoms with van der Waals surface area (Å²) in [5.41, 5.74) is 8.55. The zero-order chi connectivity index (χ0) is 17.8. The molecule has 0 spiro atoms. The molecule has 1 amide bonds. The lowest BCUT2D eigenvalue weighted by Gasteiger charge is -2.12. The molecule has 25 heavy (non-hydrogen) atoms. The van der Waals surface area contributed by atoms with Gasteiger partial charge in [0.25, 0.3) is 5.91 Å². The first-order valence-corrected chi connectivity index (χ1v) is 7.63. The highest BCUT2D eigenvalue weighted by Gasteiger charge is 2.12. The second-order valence-corrected chi connectivity index (χ2v) is 5.52. The van der Waals surface area contributed by atoms with E-state index in [9.17, 15) is 9.18 Å². The van der Waals surface area contributed by atoms with Crippen LogP contribution >= 0.6 is 0 Å². The van der Waals surface area contributed by atoms with Gasteiger partial charge in [0.05, 0.1) is 6.20 Å². The van der Waals surface area contributed by atoms with Gasteiger partial charge in [-0.25, -0.2) is 4.39 Å². The zero-order valence-electron chi connectivity index (χ0n) is 13.6. The lowest BCUT2D eigenvalue weighted by molar-refractivity contribution is 0.0995. The third-order valence-electron chi connectivity index (χ3n) is 3.67. The molecule has 0 aliphatic carbocycles. The molecule has 3 aromatic rings. The number of aryl methyl sites for hydroxylation is 1. The summed E-state index contributed by atoms with van der Waals surface area (Å²) >= 11 is 0. The molecule has 2 aromatic heterocycles. The fraction of sp³-hybridized carbons (Fsp3) is 0.105. The molecular weight excluding hydrogens is 321 g/mol. The second kappa shape index (κ2) is 7.09. The molecule has 2 heterocycles. The number of hydrogen-bond donors (Lipinski definition) is 1. The number of ether oxygens (including phenoxy) is 1. The van der Waals surface area contributed by atoms with Gasteiger partial charge in [-0.05, 0) is 48.4 Å². The molecule has 2 N–H and O–H groups in total. The molecule has 5 nitrogen and oxygen atoms in total. The highest BCUT2D eigenvalue weighted by atomic mass is 19.1. The van der Waals surface area contributed by atoms with E-state index in [2.05, 4.69) is 9.97 Å². The Bertz CT molecular complexity index is 894. The topological polar surface area (TPSA) is 78.1 Å². The highest BCUT2D eigenvalue weighted by Crippen LogP contribution is 2.25. The molecule has 0 saturated carbocycles. The first-order chi connectivity index (χ1) is 12.0. The number of nitrogens with zero attached hydrogens (tertiary/aromatic N) is 2. The van der Waals surface area contributed by atoms with Gasteiger partial charge in [-0.15, -0.1) is 0 Å². The van der Waals surface area contributed by atoms with Gasteiger partial charge < -0.3 is 10.5 Å². The van der Waals surface area contributed by atoms with Crippen LogP contribution in [-0.4, -0.2) is 15.9 Å². The van der Waals surface area contributed by atoms with Crippen molar-refractivity contribution in [1.82, 2.24) is 9.97 Å². The van der Waals surface area contributed by atoms with Gasteiger partial charge >= 0.3 is 0 Å². The average molecular weight is 337 g/mol. The standard InChI is InChI=1S/C19H16FN3O2/c1-12-2-7-16(10-22-12)25-11-14-9-23-18(19(21)24)8-17(14)13-3-5-15(20)6-4-13/h2-10H,11H2,1H3,(H2,21,24). The largest absolute Gasteiger partial charge is 0.487 e. The van der Waals surface area contributed by atoms with E-state index < -0.39 is 5.91 Å². The molecule has 0 aliphatic rings. The van der Waals surface area contributed by atoms with Crippen molar-refractivity contribution in [3.63, 3.8) is 0 Å². The van der Waals surface area contributed by atoms with Gasteiger partial charge in [-0.1, -0.05) is 12.1 Å². The highest BCUT2D eigenvalue weighted by molar-refractivity contribution is 5.92. The van der Waals surface area contributed by atoms with Crippen molar-refractivity contribution >= 4 is 5.91 Å². The van der Waals surface area contributed by atoms with Crippen LogP contribution in [0, 0.1) is 12.7 Å². The molecule has 126 valence electrons. The number of nitrogens with two attached hydrogens (primary N) is 1. The predicted octanol–water partition coefficient (Wildman–Crippen LogP) is 3.27. The number of hydrogen-bond acceptors (Lipinski definition) is 4. The summed E-state index contributed by atoms with van der Waals surface area (Å²) < 4.78 is 18.9. The van der Waals surface area contributed by atoms with Crippen LogP contribution in [0.2, 0.25) is 0 Å². The zero-order valence-corrected chi connectivity index (χ0v) is 13.6. The smallest absolute Gasteiger partial charge is 0.267 e. The number of carbonyl (C=O) groups excluding carboxylic acids is 1. The normalized spacial score (nSPS) is 10.5. The van der Waals surface area contributed by atoms with E-state index in [1.165, 1.54) is 12.1 Å². The Morgan fingerprint density at radius 1 is 1.12 bits per heavy atom. The number of pyridine rings is 2. The molecule has 6 heteroatoms. The second-order valence-electron chi connectivity index (χ2n) is 5.52. The monoisotopic (exact) mass is 337 g/mol. The number of rotatable bonds is 5. The van der Waals surface area contributed by atoms with Gasteiger partial charge in [-0.3, -0.25) is 14.8 Å². The van der Waals surface area contributed by atoms with Gasteiger partial charge in [0, 0.05) is 17.5 Å². The first kappa shape index (κ1) is 16.6. The van der Waals surface area contributed by atoms with E-state index in [1.807, 2.05) is 19.1 Å². The number of amides is 1. The Morgan fingerprint density at radius 2 is 1.88 bits per heavy atom. The molecule has 1 aromatic carbocycles. The third-order valence-corrected chi connectivity index (χ3v) is 3.67. The van der Waals surface area contributed by atoms with Crippen molar-refractivity contribution in [2.24, 2.45) is 5.73 Å². The molecular formula is C19H16FN3O2. The van der Waals surface area contributed by atoms with Crippen molar-refractivity contribution in [2.75, 3.05) is 0 Å². The van der Waals surface area contributed by atoms with E-state index in [0.29, 0.717) is 11.3 Å². The fourth-order valence-corrected chi connectivity index (χ4v) is 2.33. The van der Waals surface area contributed by atoms with Crippen LogP contribution in [0.4, 0.5) is 4.39 Å². The lowest BCUT2D eigenvalue weighted by atomic mass is 10.0. The van der Waals surface area contributed by atoms with Crippen molar-refractivity contribution in [3.05, 3.63) is 77.6 Å². The summed E-state index contributed by atoms with van der Waals surface area (Å²) in [5.74, 6) is -0.343. The Morgan fingerprint density at radius 3 is 2.52 bits per heavy atom. The quantitative estimate of drug-likeness (QED) is 0.775. The fourth-order valence-electron chi connectivity index (χ4n) is 2.33. The number of primary amides is 1. The van der Waals surface area contributed by atoms with Crippen LogP contribution in [0.1, 0.15) is 21.7 Å². The summed E-state index contributed by atoms with van der Waals surface area (Å²) in [5, 5.41) is 0. The maximum Gasteiger partial charge on any atom is 0.267 e. The molecule has 0 radical (unpaired) electrons. The third kappa shape index (κ3) is 3.98. The Labute approximate surface area is 144 Å². The first-order valence-electron chi connectivity index (χ1n) is 7.63. The van der Waals surface area contributed by atoms with E-state index in [4.69, 9.17) is 10.5 Å². The lowest BCUT2D eigenvalue weighted by Crippen LogP contribution is -2.14. The number of aromatic nitrogens is 2. The van der Waals surface area contributed by atoms with Crippen LogP contribution in [0.5, 0.6) is 5.75 Å². The minimum atomic E-state index is -0.626. The van der Waals surface area contributed by atoms with Gasteiger partial charge in [0.15, 0.2) is 0 Å². The molecule has 3 rings (SSSR count). The maximum absolute atomic E-state index is 13.2. The number of halogens is 1. The summed E-state index contributed by atoms with van der Waals surface area (Å²) in [4.78, 5) is 19.7. The molecule has 0 aliphatic heterocycles. The Kier molecular flexibility index (Phi) is 4.70. The van der Waals surface area contributed by atoms with Gasteiger partial charge in [0.2, 0.25) is 0 Å². The minimum absolute atomic E-state index is 0.139. The number of carbonyl (C=O) groups is 1. The van der Waals surface area contributed by atoms with Crippen molar-refractivity contribution in [3.8, 4) is 16.9 Å². The molecule has 0 unspecified atom stereocenters. The SMILES string of the molecule is Cc1ccc(OCc2cnc(C(N)=O)cc2-c2ccc(F)cc2)cn1. The van der Waals surface area contributed by atoms with E-state index in [-0.39, 0.29) is 18.1 Å². The summed E-state index contributed by atoms with van der Waals surface area (Å²) in [6, 6.07) is 11.2. The summed E-state index contributed by atoms with van der Waals surface area (Å²) in [6.45, 7) is 2.12. The Hall–Kier alpha value is -3.28. The van der Waals surface area contributed by atoms with Crippen LogP contribution in [0.15, 0.2) is 54.9 Å². The molecule has 0 bridgehead atoms. The average Bonchev–Trinajstić information content (AvgIpc) is 2.62. The summed E-state index contributed by atoms with van der Waals surface area (Å²) in [6.07, 6.45) is 3.18. The minimum Gasteiger partial charge on any atom is -0.487 e. The van der Waals surface area contributed by atoms with Gasteiger partial charge in [0.1, 0.15) is 23.9 Å². The molecule has 0 saturated heterocycles. The van der Waals surface area contributed by atoms with Crippen molar-refractivity contribution in [2.45, 2.75) is 13.5 Å². The van der Waals surface area contributed by atoms with Crippen LogP contribution in [0.3, 0.4) is 0 Å². The Balaban J connectivity index is 1.93. The summed E-state index contributed by atoms with van der Waals surface area (Å²) in [7, 11) is 0. The number of benzene rings is 1. The van der Waals surface area contributed by atoms with Crippen LogP contribution < -0.4 is 10.5 Å². The van der Waals surface area contributed by atoms with E-state index in [1.54, 1.807) is 30.6 Å². The van der Waals surface area contributed by atoms with Crippen LogP contribution in [-0.2, 0) is 6.61 Å². The van der Waals surface area contributed by atoms with Crippen LogP contribution in [0.25, 0.3) is 11.1 Å². The van der Waals surface area contributed by atoms with Crippen molar-refractivity contribution < 1.29 is 13.9 Å². The van der Waals surface area contributed by atoms with Crippen molar-refractivity contribution in [1.29, 1.82) is 0 Å². The molecule has 0 fully saturated rings. The maximum atomic E-state index is 13.2. The predicted molar refractivity (Wildman–Crippen MR) is 91.5 cm³/mol. The van der Waals surface area contributed by atoms with Gasteiger partial charge in [-0.2, -0.15) is 0 Å². The van der Waals surface area contributed by atoms with E-state index in [0.717, 1.165) is 16.8 Å². The van der Waals surface area contributed by atoms with E-state index >= 15 is 0 Å².